The topological polar surface area (TPSA) is 49.8 Å². The van der Waals surface area contributed by atoms with Gasteiger partial charge in [0.2, 0.25) is 0 Å². The third-order valence-electron chi connectivity index (χ3n) is 2.29. The maximum Gasteiger partial charge on any atom is 0.133 e. The maximum atomic E-state index is 4.41. The number of rotatable bonds is 1. The number of hydrogen-bond acceptors (Lipinski definition) is 4. The molecule has 1 aromatic heterocycles. The molecule has 0 amide bonds. The normalized spacial score (nSPS) is 15.2. The summed E-state index contributed by atoms with van der Waals surface area (Å²) in [5.74, 6) is 1.83. The van der Waals surface area contributed by atoms with Gasteiger partial charge in [-0.15, -0.1) is 0 Å². The van der Waals surface area contributed by atoms with Crippen LogP contribution in [-0.4, -0.2) is 23.6 Å². The predicted octanol–water partition coefficient (Wildman–Crippen LogP) is 0.472. The fraction of sp³-hybridized carbons (Fsp3) is 0.556. The molecule has 0 atom stereocenters. The van der Waals surface area contributed by atoms with Crippen molar-refractivity contribution in [1.29, 1.82) is 0 Å². The minimum Gasteiger partial charge on any atom is -0.373 e. The zero-order valence-corrected chi connectivity index (χ0v) is 8.02. The van der Waals surface area contributed by atoms with Crippen molar-refractivity contribution in [2.75, 3.05) is 18.9 Å². The number of nitrogens with zero attached hydrogens (tertiary/aromatic N) is 2. The van der Waals surface area contributed by atoms with Crippen molar-refractivity contribution in [3.05, 3.63) is 17.1 Å². The van der Waals surface area contributed by atoms with Gasteiger partial charge >= 0.3 is 0 Å². The smallest absolute Gasteiger partial charge is 0.133 e. The molecule has 4 heteroatoms. The van der Waals surface area contributed by atoms with Gasteiger partial charge in [-0.1, -0.05) is 0 Å². The summed E-state index contributed by atoms with van der Waals surface area (Å²) in [5, 5.41) is 6.42. The Morgan fingerprint density at radius 3 is 3.00 bits per heavy atom. The Kier molecular flexibility index (Phi) is 2.14. The summed E-state index contributed by atoms with van der Waals surface area (Å²) < 4.78 is 0. The molecule has 2 heterocycles. The third kappa shape index (κ3) is 1.49. The van der Waals surface area contributed by atoms with Crippen LogP contribution in [0.25, 0.3) is 0 Å². The van der Waals surface area contributed by atoms with Gasteiger partial charge in [0, 0.05) is 19.2 Å². The standard InChI is InChI=1S/C9H14N4/c1-6-12-8-5-11-4-3-7(8)9(10-2)13-6/h11H,3-5H2,1-2H3,(H,10,12,13). The molecule has 0 aliphatic carbocycles. The van der Waals surface area contributed by atoms with Crippen LogP contribution in [0.4, 0.5) is 5.82 Å². The monoisotopic (exact) mass is 178 g/mol. The van der Waals surface area contributed by atoms with E-state index in [9.17, 15) is 0 Å². The van der Waals surface area contributed by atoms with Crippen LogP contribution in [0.5, 0.6) is 0 Å². The molecule has 0 saturated carbocycles. The summed E-state index contributed by atoms with van der Waals surface area (Å²) in [4.78, 5) is 8.76. The Bertz CT molecular complexity index is 304. The Labute approximate surface area is 77.8 Å². The third-order valence-corrected chi connectivity index (χ3v) is 2.29. The van der Waals surface area contributed by atoms with E-state index >= 15 is 0 Å². The first-order chi connectivity index (χ1) is 6.31. The lowest BCUT2D eigenvalue weighted by Gasteiger charge is -2.18. The van der Waals surface area contributed by atoms with Gasteiger partial charge in [0.25, 0.3) is 0 Å². The first kappa shape index (κ1) is 8.44. The van der Waals surface area contributed by atoms with Crippen molar-refractivity contribution in [3.63, 3.8) is 0 Å². The van der Waals surface area contributed by atoms with E-state index in [4.69, 9.17) is 0 Å². The molecule has 1 aromatic rings. The molecule has 0 unspecified atom stereocenters. The lowest BCUT2D eigenvalue weighted by Crippen LogP contribution is -2.26. The van der Waals surface area contributed by atoms with Gasteiger partial charge in [-0.3, -0.25) is 0 Å². The highest BCUT2D eigenvalue weighted by Gasteiger charge is 2.14. The molecule has 2 N–H and O–H groups in total. The average Bonchev–Trinajstić information content (AvgIpc) is 2.16. The van der Waals surface area contributed by atoms with Crippen LogP contribution in [0, 0.1) is 6.92 Å². The molecule has 0 saturated heterocycles. The second-order valence-electron chi connectivity index (χ2n) is 3.22. The molecular weight excluding hydrogens is 164 g/mol. The number of aromatic nitrogens is 2. The second kappa shape index (κ2) is 3.30. The minimum absolute atomic E-state index is 0.840. The Balaban J connectivity index is 2.50. The number of anilines is 1. The molecule has 2 rings (SSSR count). The lowest BCUT2D eigenvalue weighted by atomic mass is 10.1. The molecule has 1 aliphatic heterocycles. The van der Waals surface area contributed by atoms with E-state index in [0.29, 0.717) is 0 Å². The van der Waals surface area contributed by atoms with Crippen LogP contribution in [0.1, 0.15) is 17.1 Å². The van der Waals surface area contributed by atoms with Crippen molar-refractivity contribution < 1.29 is 0 Å². The van der Waals surface area contributed by atoms with Gasteiger partial charge < -0.3 is 10.6 Å². The van der Waals surface area contributed by atoms with Gasteiger partial charge in [-0.2, -0.15) is 0 Å². The molecule has 13 heavy (non-hydrogen) atoms. The lowest BCUT2D eigenvalue weighted by molar-refractivity contribution is 0.621. The first-order valence-corrected chi connectivity index (χ1v) is 4.56. The van der Waals surface area contributed by atoms with Crippen molar-refractivity contribution in [2.45, 2.75) is 19.9 Å². The van der Waals surface area contributed by atoms with Gasteiger partial charge in [-0.25, -0.2) is 9.97 Å². The summed E-state index contributed by atoms with van der Waals surface area (Å²) in [6.45, 7) is 3.82. The van der Waals surface area contributed by atoms with Crippen LogP contribution < -0.4 is 10.6 Å². The summed E-state index contributed by atoms with van der Waals surface area (Å²) in [7, 11) is 1.91. The summed E-state index contributed by atoms with van der Waals surface area (Å²) in [5.41, 5.74) is 2.41. The van der Waals surface area contributed by atoms with Gasteiger partial charge in [0.05, 0.1) is 5.69 Å². The summed E-state index contributed by atoms with van der Waals surface area (Å²) >= 11 is 0. The van der Waals surface area contributed by atoms with Crippen LogP contribution in [0.3, 0.4) is 0 Å². The van der Waals surface area contributed by atoms with Crippen molar-refractivity contribution in [3.8, 4) is 0 Å². The molecule has 0 radical (unpaired) electrons. The van der Waals surface area contributed by atoms with Gasteiger partial charge in [0.1, 0.15) is 11.6 Å². The van der Waals surface area contributed by atoms with Crippen molar-refractivity contribution in [1.82, 2.24) is 15.3 Å². The zero-order valence-electron chi connectivity index (χ0n) is 8.02. The summed E-state index contributed by atoms with van der Waals surface area (Å²) in [6.07, 6.45) is 1.02. The van der Waals surface area contributed by atoms with E-state index in [1.165, 1.54) is 5.56 Å². The van der Waals surface area contributed by atoms with E-state index < -0.39 is 0 Å². The number of aryl methyl sites for hydroxylation is 1. The Hall–Kier alpha value is -1.16. The fourth-order valence-electron chi connectivity index (χ4n) is 1.69. The van der Waals surface area contributed by atoms with Crippen molar-refractivity contribution >= 4 is 5.82 Å². The van der Waals surface area contributed by atoms with E-state index in [1.807, 2.05) is 14.0 Å². The van der Waals surface area contributed by atoms with Crippen molar-refractivity contribution in [2.24, 2.45) is 0 Å². The largest absolute Gasteiger partial charge is 0.373 e. The molecule has 1 aliphatic rings. The fourth-order valence-corrected chi connectivity index (χ4v) is 1.69. The van der Waals surface area contributed by atoms with E-state index in [0.717, 1.165) is 36.8 Å². The van der Waals surface area contributed by atoms with E-state index in [1.54, 1.807) is 0 Å². The Morgan fingerprint density at radius 2 is 2.23 bits per heavy atom. The predicted molar refractivity (Wildman–Crippen MR) is 51.7 cm³/mol. The minimum atomic E-state index is 0.840. The molecule has 0 aromatic carbocycles. The number of hydrogen-bond donors (Lipinski definition) is 2. The molecule has 0 spiro atoms. The molecule has 0 bridgehead atoms. The average molecular weight is 178 g/mol. The highest BCUT2D eigenvalue weighted by molar-refractivity contribution is 5.47. The number of nitrogens with one attached hydrogen (secondary N) is 2. The van der Waals surface area contributed by atoms with Crippen LogP contribution in [0.15, 0.2) is 0 Å². The first-order valence-electron chi connectivity index (χ1n) is 4.56. The van der Waals surface area contributed by atoms with Gasteiger partial charge in [-0.05, 0) is 19.9 Å². The molecule has 4 nitrogen and oxygen atoms in total. The maximum absolute atomic E-state index is 4.41. The van der Waals surface area contributed by atoms with Crippen LogP contribution >= 0.6 is 0 Å². The van der Waals surface area contributed by atoms with Crippen LogP contribution in [0.2, 0.25) is 0 Å². The van der Waals surface area contributed by atoms with Gasteiger partial charge in [0.15, 0.2) is 0 Å². The van der Waals surface area contributed by atoms with E-state index in [2.05, 4.69) is 20.6 Å². The molecule has 70 valence electrons. The quantitative estimate of drug-likeness (QED) is 0.656. The number of fused-ring (bicyclic) bond motifs is 1. The zero-order chi connectivity index (χ0) is 9.26. The highest BCUT2D eigenvalue weighted by atomic mass is 15.0. The SMILES string of the molecule is CNc1nc(C)nc2c1CCNC2. The second-order valence-corrected chi connectivity index (χ2v) is 3.22. The van der Waals surface area contributed by atoms with Crippen LogP contribution in [-0.2, 0) is 13.0 Å². The molecular formula is C9H14N4. The van der Waals surface area contributed by atoms with E-state index in [-0.39, 0.29) is 0 Å². The summed E-state index contributed by atoms with van der Waals surface area (Å²) in [6, 6.07) is 0. The molecule has 0 fully saturated rings. The Morgan fingerprint density at radius 1 is 1.38 bits per heavy atom. The highest BCUT2D eigenvalue weighted by Crippen LogP contribution is 2.19.